The molecule has 0 amide bonds. The molecule has 4 aromatic rings. The zero-order valence-electron chi connectivity index (χ0n) is 22.8. The maximum absolute atomic E-state index is 16.7. The van der Waals surface area contributed by atoms with Gasteiger partial charge in [0.05, 0.1) is 20.8 Å². The summed E-state index contributed by atoms with van der Waals surface area (Å²) in [5.41, 5.74) is 6.74. The Hall–Kier alpha value is -3.08. The second kappa shape index (κ2) is 10.3. The second-order valence-corrected chi connectivity index (χ2v) is 13.0. The Morgan fingerprint density at radius 1 is 1.12 bits per heavy atom. The number of halogens is 3. The molecule has 3 aliphatic heterocycles. The van der Waals surface area contributed by atoms with Crippen LogP contribution in [-0.2, 0) is 0 Å². The highest BCUT2D eigenvalue weighted by atomic mass is 35.5. The van der Waals surface area contributed by atoms with Crippen LogP contribution in [-0.4, -0.2) is 58.2 Å². The van der Waals surface area contributed by atoms with Gasteiger partial charge in [0.2, 0.25) is 0 Å². The lowest BCUT2D eigenvalue weighted by Gasteiger charge is -2.31. The van der Waals surface area contributed by atoms with Crippen molar-refractivity contribution >= 4 is 55.0 Å². The van der Waals surface area contributed by atoms with Crippen molar-refractivity contribution < 1.29 is 13.5 Å². The van der Waals surface area contributed by atoms with Gasteiger partial charge in [0, 0.05) is 29.6 Å². The van der Waals surface area contributed by atoms with E-state index < -0.39 is 11.6 Å². The van der Waals surface area contributed by atoms with Crippen LogP contribution in [0.15, 0.2) is 30.4 Å². The van der Waals surface area contributed by atoms with Gasteiger partial charge in [-0.15, -0.1) is 0 Å². The van der Waals surface area contributed by atoms with E-state index in [-0.39, 0.29) is 43.0 Å². The first-order valence-corrected chi connectivity index (χ1v) is 15.3. The molecule has 0 aliphatic carbocycles. The Kier molecular flexibility index (Phi) is 6.75. The molecular formula is C30H31ClF2N6OS. The van der Waals surface area contributed by atoms with Crippen molar-refractivity contribution in [1.82, 2.24) is 19.9 Å². The van der Waals surface area contributed by atoms with Crippen molar-refractivity contribution in [2.75, 3.05) is 43.4 Å². The maximum atomic E-state index is 16.7. The van der Waals surface area contributed by atoms with E-state index in [4.69, 9.17) is 27.1 Å². The molecule has 2 aromatic carbocycles. The predicted molar refractivity (Wildman–Crippen MR) is 161 cm³/mol. The summed E-state index contributed by atoms with van der Waals surface area (Å²) in [5.74, 6) is -0.119. The minimum atomic E-state index is -0.625. The fourth-order valence-corrected chi connectivity index (χ4v) is 7.85. The third-order valence-electron chi connectivity index (χ3n) is 8.77. The summed E-state index contributed by atoms with van der Waals surface area (Å²) in [5, 5.41) is 0.862. The Balaban J connectivity index is 1.38. The van der Waals surface area contributed by atoms with E-state index in [1.54, 1.807) is 6.07 Å². The molecule has 0 spiro atoms. The molecule has 7 rings (SSSR count). The number of nitrogen functional groups attached to an aromatic ring is 1. The van der Waals surface area contributed by atoms with Gasteiger partial charge in [-0.3, -0.25) is 4.90 Å². The van der Waals surface area contributed by atoms with Crippen LogP contribution >= 0.6 is 22.9 Å². The number of nitrogens with zero attached hydrogens (tertiary/aromatic N) is 5. The molecule has 3 aliphatic rings. The minimum absolute atomic E-state index is 0.00763. The Morgan fingerprint density at radius 3 is 2.73 bits per heavy atom. The third-order valence-corrected chi connectivity index (χ3v) is 9.96. The van der Waals surface area contributed by atoms with Gasteiger partial charge >= 0.3 is 6.01 Å². The largest absolute Gasteiger partial charge is 0.461 e. The molecule has 2 N–H and O–H groups in total. The van der Waals surface area contributed by atoms with Crippen molar-refractivity contribution in [2.45, 2.75) is 44.6 Å². The lowest BCUT2D eigenvalue weighted by molar-refractivity contribution is 0.108. The molecule has 11 heteroatoms. The molecule has 1 unspecified atom stereocenters. The highest BCUT2D eigenvalue weighted by molar-refractivity contribution is 7.22. The number of aromatic nitrogens is 3. The smallest absolute Gasteiger partial charge is 0.319 e. The molecule has 0 radical (unpaired) electrons. The zero-order chi connectivity index (χ0) is 28.3. The topological polar surface area (TPSA) is 80.4 Å². The van der Waals surface area contributed by atoms with E-state index in [0.29, 0.717) is 35.8 Å². The van der Waals surface area contributed by atoms with Gasteiger partial charge in [-0.2, -0.15) is 9.97 Å². The van der Waals surface area contributed by atoms with Crippen LogP contribution in [0.25, 0.3) is 32.2 Å². The fraction of sp³-hybridized carbons (Fsp3) is 0.433. The third kappa shape index (κ3) is 4.60. The Morgan fingerprint density at radius 2 is 1.93 bits per heavy atom. The lowest BCUT2D eigenvalue weighted by Crippen LogP contribution is -2.43. The number of hydrogen-bond donors (Lipinski definition) is 1. The summed E-state index contributed by atoms with van der Waals surface area (Å²) in [6.07, 6.45) is 9.69. The number of anilines is 2. The second-order valence-electron chi connectivity index (χ2n) is 11.5. The molecule has 5 heterocycles. The van der Waals surface area contributed by atoms with E-state index >= 15 is 4.39 Å². The number of fused-ring (bicyclic) bond motifs is 3. The molecule has 0 bridgehead atoms. The van der Waals surface area contributed by atoms with Gasteiger partial charge in [0.15, 0.2) is 10.9 Å². The highest BCUT2D eigenvalue weighted by Gasteiger charge is 2.45. The van der Waals surface area contributed by atoms with Crippen LogP contribution < -0.4 is 15.4 Å². The van der Waals surface area contributed by atoms with Crippen LogP contribution in [0.5, 0.6) is 6.01 Å². The molecule has 2 aromatic heterocycles. The van der Waals surface area contributed by atoms with Crippen LogP contribution in [0.4, 0.5) is 19.7 Å². The van der Waals surface area contributed by atoms with Crippen molar-refractivity contribution in [3.63, 3.8) is 0 Å². The number of hydrogen-bond acceptors (Lipinski definition) is 8. The van der Waals surface area contributed by atoms with Gasteiger partial charge in [0.25, 0.3) is 0 Å². The molecule has 2 fully saturated rings. The van der Waals surface area contributed by atoms with E-state index in [1.165, 1.54) is 12.1 Å². The van der Waals surface area contributed by atoms with E-state index in [9.17, 15) is 4.39 Å². The molecule has 214 valence electrons. The van der Waals surface area contributed by atoms with Crippen molar-refractivity contribution in [2.24, 2.45) is 5.92 Å². The summed E-state index contributed by atoms with van der Waals surface area (Å²) in [6, 6.07) is 4.62. The van der Waals surface area contributed by atoms with E-state index in [0.717, 1.165) is 63.1 Å². The standard InChI is InChI=1S/C30H31ClF2N6OS/c1-17-6-2-3-11-38(15-17)27-19-14-20(31)22(18-7-8-21(32)26-25(18)35-28(34)41-26)23(33)24(19)36-29(37-27)40-16-30-9-4-12-39(30)13-5-10-30/h2-3,7-8,14,17H,4-6,9-13,15-16H2,1H3,(H2,34,35). The molecule has 1 atom stereocenters. The van der Waals surface area contributed by atoms with E-state index in [2.05, 4.69) is 38.8 Å². The quantitative estimate of drug-likeness (QED) is 0.253. The molecule has 2 saturated heterocycles. The first-order valence-electron chi connectivity index (χ1n) is 14.2. The molecular weight excluding hydrogens is 566 g/mol. The summed E-state index contributed by atoms with van der Waals surface area (Å²) >= 11 is 7.81. The molecule has 0 saturated carbocycles. The van der Waals surface area contributed by atoms with Crippen molar-refractivity contribution in [3.8, 4) is 17.1 Å². The predicted octanol–water partition coefficient (Wildman–Crippen LogP) is 6.83. The van der Waals surface area contributed by atoms with Gasteiger partial charge in [-0.05, 0) is 69.3 Å². The Labute approximate surface area is 246 Å². The van der Waals surface area contributed by atoms with Gasteiger partial charge in [0.1, 0.15) is 23.8 Å². The highest BCUT2D eigenvalue weighted by Crippen LogP contribution is 2.43. The summed E-state index contributed by atoms with van der Waals surface area (Å²) in [4.78, 5) is 18.4. The number of ether oxygens (including phenoxy) is 1. The minimum Gasteiger partial charge on any atom is -0.461 e. The van der Waals surface area contributed by atoms with Crippen molar-refractivity contribution in [1.29, 1.82) is 0 Å². The fourth-order valence-electron chi connectivity index (χ4n) is 6.79. The van der Waals surface area contributed by atoms with Crippen LogP contribution in [0.1, 0.15) is 39.0 Å². The van der Waals surface area contributed by atoms with Gasteiger partial charge in [-0.1, -0.05) is 42.0 Å². The average Bonchev–Trinajstić information content (AvgIpc) is 3.60. The number of nitrogens with two attached hydrogens (primary N) is 1. The first kappa shape index (κ1) is 26.8. The van der Waals surface area contributed by atoms with Gasteiger partial charge in [-0.25, -0.2) is 13.8 Å². The zero-order valence-corrected chi connectivity index (χ0v) is 24.4. The number of rotatable bonds is 5. The maximum Gasteiger partial charge on any atom is 0.319 e. The number of allylic oxidation sites excluding steroid dienone is 1. The van der Waals surface area contributed by atoms with Crippen LogP contribution in [0.2, 0.25) is 5.02 Å². The summed E-state index contributed by atoms with van der Waals surface area (Å²) in [7, 11) is 0. The first-order chi connectivity index (χ1) is 19.8. The SMILES string of the molecule is CC1CC=CCN(c2nc(OCC34CCCN3CCC4)nc3c(F)c(-c4ccc(F)c5sc(N)nc45)c(Cl)cc23)C1. The molecule has 7 nitrogen and oxygen atoms in total. The number of thiazole rings is 1. The Bertz CT molecular complexity index is 1680. The summed E-state index contributed by atoms with van der Waals surface area (Å²) < 4.78 is 37.8. The van der Waals surface area contributed by atoms with Crippen LogP contribution in [0, 0.1) is 17.6 Å². The normalized spacial score (nSPS) is 20.7. The van der Waals surface area contributed by atoms with Gasteiger partial charge < -0.3 is 15.4 Å². The van der Waals surface area contributed by atoms with E-state index in [1.807, 2.05) is 0 Å². The molecule has 41 heavy (non-hydrogen) atoms. The lowest BCUT2D eigenvalue weighted by atomic mass is 9.95. The monoisotopic (exact) mass is 596 g/mol. The average molecular weight is 597 g/mol. The van der Waals surface area contributed by atoms with Crippen LogP contribution in [0.3, 0.4) is 0 Å². The number of benzene rings is 2. The summed E-state index contributed by atoms with van der Waals surface area (Å²) in [6.45, 7) is 6.18. The van der Waals surface area contributed by atoms with Crippen molar-refractivity contribution in [3.05, 3.63) is 47.0 Å².